The molecule has 1 saturated carbocycles. The first-order valence-electron chi connectivity index (χ1n) is 6.70. The maximum Gasteiger partial charge on any atom is 0.202 e. The standard InChI is InChI=1S/C14H18N4S/c1-10(16-12-5-3-2-4-6-12)9-15-14-17-13(18-19-14)11-7-8-11/h2-6,10-11,16H,7-9H2,1H3,(H,15,17,18). The van der Waals surface area contributed by atoms with Crippen LogP contribution in [0.5, 0.6) is 0 Å². The van der Waals surface area contributed by atoms with Crippen LogP contribution < -0.4 is 10.6 Å². The van der Waals surface area contributed by atoms with Crippen molar-refractivity contribution in [2.24, 2.45) is 0 Å². The summed E-state index contributed by atoms with van der Waals surface area (Å²) in [7, 11) is 0. The predicted octanol–water partition coefficient (Wildman–Crippen LogP) is 3.33. The summed E-state index contributed by atoms with van der Waals surface area (Å²) in [6.45, 7) is 3.00. The predicted molar refractivity (Wildman–Crippen MR) is 79.9 cm³/mol. The van der Waals surface area contributed by atoms with Crippen molar-refractivity contribution in [3.05, 3.63) is 36.2 Å². The summed E-state index contributed by atoms with van der Waals surface area (Å²) in [6.07, 6.45) is 2.50. The highest BCUT2D eigenvalue weighted by atomic mass is 32.1. The number of benzene rings is 1. The Morgan fingerprint density at radius 2 is 2.11 bits per heavy atom. The molecule has 0 bridgehead atoms. The van der Waals surface area contributed by atoms with Gasteiger partial charge in [0.2, 0.25) is 5.13 Å². The number of hydrogen-bond acceptors (Lipinski definition) is 5. The van der Waals surface area contributed by atoms with Crippen LogP contribution in [0.4, 0.5) is 10.8 Å². The first-order chi connectivity index (χ1) is 9.31. The third kappa shape index (κ3) is 3.44. The summed E-state index contributed by atoms with van der Waals surface area (Å²) in [5, 5.41) is 7.73. The molecule has 19 heavy (non-hydrogen) atoms. The maximum atomic E-state index is 4.52. The van der Waals surface area contributed by atoms with Crippen LogP contribution in [0, 0.1) is 0 Å². The number of rotatable bonds is 6. The second kappa shape index (κ2) is 5.57. The average Bonchev–Trinajstić information content (AvgIpc) is 3.17. The van der Waals surface area contributed by atoms with Crippen LogP contribution in [0.25, 0.3) is 0 Å². The summed E-state index contributed by atoms with van der Waals surface area (Å²) < 4.78 is 4.39. The molecule has 100 valence electrons. The highest BCUT2D eigenvalue weighted by Gasteiger charge is 2.27. The van der Waals surface area contributed by atoms with Crippen molar-refractivity contribution in [1.29, 1.82) is 0 Å². The molecule has 1 heterocycles. The first-order valence-corrected chi connectivity index (χ1v) is 7.47. The molecule has 1 atom stereocenters. The van der Waals surface area contributed by atoms with E-state index in [0.717, 1.165) is 23.2 Å². The van der Waals surface area contributed by atoms with Gasteiger partial charge in [0.25, 0.3) is 0 Å². The fraction of sp³-hybridized carbons (Fsp3) is 0.429. The lowest BCUT2D eigenvalue weighted by molar-refractivity contribution is 0.833. The highest BCUT2D eigenvalue weighted by molar-refractivity contribution is 7.09. The molecular formula is C14H18N4S. The molecule has 1 aliphatic rings. The smallest absolute Gasteiger partial charge is 0.202 e. The Morgan fingerprint density at radius 1 is 1.32 bits per heavy atom. The molecule has 5 heteroatoms. The van der Waals surface area contributed by atoms with Gasteiger partial charge in [-0.25, -0.2) is 4.98 Å². The molecule has 1 fully saturated rings. The molecule has 1 aliphatic carbocycles. The van der Waals surface area contributed by atoms with E-state index in [0.29, 0.717) is 12.0 Å². The molecule has 1 aromatic heterocycles. The van der Waals surface area contributed by atoms with Crippen molar-refractivity contribution >= 4 is 22.4 Å². The van der Waals surface area contributed by atoms with E-state index in [4.69, 9.17) is 0 Å². The number of hydrogen-bond donors (Lipinski definition) is 2. The lowest BCUT2D eigenvalue weighted by Gasteiger charge is -2.15. The molecule has 2 N–H and O–H groups in total. The van der Waals surface area contributed by atoms with Crippen molar-refractivity contribution in [3.63, 3.8) is 0 Å². The minimum Gasteiger partial charge on any atom is -0.381 e. The molecule has 0 spiro atoms. The molecule has 4 nitrogen and oxygen atoms in total. The quantitative estimate of drug-likeness (QED) is 0.848. The van der Waals surface area contributed by atoms with E-state index >= 15 is 0 Å². The zero-order valence-electron chi connectivity index (χ0n) is 11.0. The molecular weight excluding hydrogens is 256 g/mol. The average molecular weight is 274 g/mol. The van der Waals surface area contributed by atoms with Crippen LogP contribution in [0.15, 0.2) is 30.3 Å². The maximum absolute atomic E-state index is 4.52. The van der Waals surface area contributed by atoms with E-state index in [1.54, 1.807) is 0 Å². The summed E-state index contributed by atoms with van der Waals surface area (Å²) in [5.41, 5.74) is 1.15. The van der Waals surface area contributed by atoms with Gasteiger partial charge >= 0.3 is 0 Å². The monoisotopic (exact) mass is 274 g/mol. The van der Waals surface area contributed by atoms with Gasteiger partial charge in [-0.15, -0.1) is 0 Å². The number of nitrogens with one attached hydrogen (secondary N) is 2. The van der Waals surface area contributed by atoms with Gasteiger partial charge in [-0.05, 0) is 31.9 Å². The fourth-order valence-corrected chi connectivity index (χ4v) is 2.58. The Morgan fingerprint density at radius 3 is 2.84 bits per heavy atom. The number of para-hydroxylation sites is 1. The van der Waals surface area contributed by atoms with Gasteiger partial charge in [0.05, 0.1) is 0 Å². The molecule has 0 aliphatic heterocycles. The zero-order valence-corrected chi connectivity index (χ0v) is 11.8. The zero-order chi connectivity index (χ0) is 13.1. The van der Waals surface area contributed by atoms with Crippen LogP contribution in [0.3, 0.4) is 0 Å². The van der Waals surface area contributed by atoms with Gasteiger partial charge in [0.1, 0.15) is 5.82 Å². The van der Waals surface area contributed by atoms with E-state index in [-0.39, 0.29) is 0 Å². The van der Waals surface area contributed by atoms with Gasteiger partial charge in [0.15, 0.2) is 0 Å². The van der Waals surface area contributed by atoms with Crippen molar-refractivity contribution in [1.82, 2.24) is 9.36 Å². The lowest BCUT2D eigenvalue weighted by atomic mass is 10.2. The summed E-state index contributed by atoms with van der Waals surface area (Å²) in [4.78, 5) is 4.52. The fourth-order valence-electron chi connectivity index (χ4n) is 1.92. The van der Waals surface area contributed by atoms with Crippen LogP contribution in [0.1, 0.15) is 31.5 Å². The topological polar surface area (TPSA) is 49.8 Å². The van der Waals surface area contributed by atoms with Gasteiger partial charge in [-0.3, -0.25) is 0 Å². The number of nitrogens with zero attached hydrogens (tertiary/aromatic N) is 2. The molecule has 2 aromatic rings. The van der Waals surface area contributed by atoms with Crippen LogP contribution >= 0.6 is 11.5 Å². The lowest BCUT2D eigenvalue weighted by Crippen LogP contribution is -2.24. The molecule has 0 amide bonds. The van der Waals surface area contributed by atoms with Crippen LogP contribution in [-0.4, -0.2) is 21.9 Å². The Hall–Kier alpha value is -1.62. The van der Waals surface area contributed by atoms with Gasteiger partial charge in [-0.2, -0.15) is 4.37 Å². The third-order valence-corrected chi connectivity index (χ3v) is 3.82. The number of anilines is 2. The molecule has 1 aromatic carbocycles. The Kier molecular flexibility index (Phi) is 3.64. The van der Waals surface area contributed by atoms with Gasteiger partial charge in [-0.1, -0.05) is 18.2 Å². The Balaban J connectivity index is 1.48. The second-order valence-electron chi connectivity index (χ2n) is 5.02. The Labute approximate surface area is 117 Å². The molecule has 0 radical (unpaired) electrons. The van der Waals surface area contributed by atoms with Crippen molar-refractivity contribution in [2.45, 2.75) is 31.7 Å². The number of aromatic nitrogens is 2. The van der Waals surface area contributed by atoms with E-state index in [9.17, 15) is 0 Å². The molecule has 1 unspecified atom stereocenters. The van der Waals surface area contributed by atoms with E-state index in [1.807, 2.05) is 18.2 Å². The first kappa shape index (κ1) is 12.4. The minimum atomic E-state index is 0.343. The Bertz CT molecular complexity index is 521. The summed E-state index contributed by atoms with van der Waals surface area (Å²) in [6, 6.07) is 10.6. The highest BCUT2D eigenvalue weighted by Crippen LogP contribution is 2.39. The van der Waals surface area contributed by atoms with Crippen LogP contribution in [-0.2, 0) is 0 Å². The molecule has 3 rings (SSSR count). The minimum absolute atomic E-state index is 0.343. The summed E-state index contributed by atoms with van der Waals surface area (Å²) in [5.74, 6) is 1.66. The van der Waals surface area contributed by atoms with Gasteiger partial charge < -0.3 is 10.6 Å². The van der Waals surface area contributed by atoms with E-state index in [2.05, 4.69) is 39.0 Å². The second-order valence-corrected chi connectivity index (χ2v) is 5.78. The van der Waals surface area contributed by atoms with Crippen LogP contribution in [0.2, 0.25) is 0 Å². The van der Waals surface area contributed by atoms with Crippen molar-refractivity contribution in [2.75, 3.05) is 17.2 Å². The van der Waals surface area contributed by atoms with Crippen molar-refractivity contribution < 1.29 is 0 Å². The third-order valence-electron chi connectivity index (χ3n) is 3.13. The normalized spacial score (nSPS) is 16.1. The van der Waals surface area contributed by atoms with E-state index < -0.39 is 0 Å². The summed E-state index contributed by atoms with van der Waals surface area (Å²) >= 11 is 1.47. The SMILES string of the molecule is CC(CNc1nc(C2CC2)ns1)Nc1ccccc1. The van der Waals surface area contributed by atoms with E-state index in [1.165, 1.54) is 24.4 Å². The molecule has 0 saturated heterocycles. The van der Waals surface area contributed by atoms with Crippen molar-refractivity contribution in [3.8, 4) is 0 Å². The largest absolute Gasteiger partial charge is 0.381 e. The van der Waals surface area contributed by atoms with Gasteiger partial charge in [0, 0.05) is 35.7 Å².